The van der Waals surface area contributed by atoms with Gasteiger partial charge in [0.15, 0.2) is 11.5 Å². The zero-order valence-corrected chi connectivity index (χ0v) is 17.3. The Morgan fingerprint density at radius 1 is 1.24 bits per heavy atom. The Kier molecular flexibility index (Phi) is 5.62. The first-order valence-corrected chi connectivity index (χ1v) is 10.6. The number of rotatable bonds is 6. The molecule has 0 radical (unpaired) electrons. The summed E-state index contributed by atoms with van der Waals surface area (Å²) in [5.41, 5.74) is 3.83. The predicted molar refractivity (Wildman–Crippen MR) is 110 cm³/mol. The van der Waals surface area contributed by atoms with Crippen LogP contribution in [0.2, 0.25) is 0 Å². The van der Waals surface area contributed by atoms with Crippen molar-refractivity contribution in [3.8, 4) is 11.5 Å². The van der Waals surface area contributed by atoms with Crippen molar-refractivity contribution in [2.45, 2.75) is 38.3 Å². The lowest BCUT2D eigenvalue weighted by molar-refractivity contribution is -0.121. The van der Waals surface area contributed by atoms with Crippen LogP contribution in [0, 0.1) is 13.8 Å². The van der Waals surface area contributed by atoms with Crippen LogP contribution in [-0.4, -0.2) is 35.9 Å². The van der Waals surface area contributed by atoms with Crippen LogP contribution in [0.4, 0.5) is 5.69 Å². The lowest BCUT2D eigenvalue weighted by atomic mass is 10.1. The number of anilines is 1. The van der Waals surface area contributed by atoms with Crippen molar-refractivity contribution >= 4 is 29.3 Å². The number of benzene rings is 1. The highest BCUT2D eigenvalue weighted by Crippen LogP contribution is 2.37. The average molecular weight is 413 g/mol. The molecule has 2 aliphatic rings. The number of hydrogen-bond acceptors (Lipinski definition) is 6. The molecule has 29 heavy (non-hydrogen) atoms. The van der Waals surface area contributed by atoms with E-state index in [1.807, 2.05) is 38.1 Å². The Balaban J connectivity index is 1.30. The maximum absolute atomic E-state index is 12.4. The summed E-state index contributed by atoms with van der Waals surface area (Å²) in [4.78, 5) is 31.0. The van der Waals surface area contributed by atoms with Crippen LogP contribution in [-0.2, 0) is 16.1 Å². The van der Waals surface area contributed by atoms with Crippen molar-refractivity contribution in [2.75, 3.05) is 24.0 Å². The van der Waals surface area contributed by atoms with E-state index in [1.165, 1.54) is 11.8 Å². The van der Waals surface area contributed by atoms with Gasteiger partial charge in [-0.25, -0.2) is 4.98 Å². The molecule has 0 bridgehead atoms. The van der Waals surface area contributed by atoms with Gasteiger partial charge in [0.05, 0.1) is 11.4 Å². The van der Waals surface area contributed by atoms with E-state index in [2.05, 4.69) is 10.3 Å². The molecule has 0 aliphatic carbocycles. The predicted octanol–water partition coefficient (Wildman–Crippen LogP) is 2.96. The minimum Gasteiger partial charge on any atom is -0.454 e. The van der Waals surface area contributed by atoms with Crippen molar-refractivity contribution in [1.82, 2.24) is 10.3 Å². The van der Waals surface area contributed by atoms with Crippen molar-refractivity contribution < 1.29 is 19.1 Å². The summed E-state index contributed by atoms with van der Waals surface area (Å²) >= 11 is 1.48. The standard InChI is InChI=1S/C21H23N3O4S/c1-13-8-14(2)23-21-20(13)24(19(26)11-29-21)7-3-4-18(25)22-10-15-5-6-16-17(9-15)28-12-27-16/h5-6,8-9H,3-4,7,10-12H2,1-2H3,(H,22,25). The van der Waals surface area contributed by atoms with E-state index in [-0.39, 0.29) is 18.6 Å². The number of fused-ring (bicyclic) bond motifs is 2. The third kappa shape index (κ3) is 4.32. The van der Waals surface area contributed by atoms with Gasteiger partial charge in [-0.15, -0.1) is 0 Å². The van der Waals surface area contributed by atoms with Crippen LogP contribution in [0.5, 0.6) is 11.5 Å². The highest BCUT2D eigenvalue weighted by molar-refractivity contribution is 8.00. The molecular weight excluding hydrogens is 390 g/mol. The highest BCUT2D eigenvalue weighted by Gasteiger charge is 2.27. The number of hydrogen-bond donors (Lipinski definition) is 1. The molecule has 8 heteroatoms. The number of aromatic nitrogens is 1. The smallest absolute Gasteiger partial charge is 0.237 e. The van der Waals surface area contributed by atoms with Gasteiger partial charge in [-0.2, -0.15) is 0 Å². The highest BCUT2D eigenvalue weighted by atomic mass is 32.2. The monoisotopic (exact) mass is 413 g/mol. The Morgan fingerprint density at radius 3 is 2.93 bits per heavy atom. The van der Waals surface area contributed by atoms with Crippen LogP contribution in [0.3, 0.4) is 0 Å². The first-order valence-electron chi connectivity index (χ1n) is 9.58. The number of nitrogens with zero attached hydrogens (tertiary/aromatic N) is 2. The van der Waals surface area contributed by atoms with E-state index >= 15 is 0 Å². The summed E-state index contributed by atoms with van der Waals surface area (Å²) in [5.74, 6) is 1.84. The van der Waals surface area contributed by atoms with Gasteiger partial charge in [0, 0.05) is 25.2 Å². The number of ether oxygens (including phenoxy) is 2. The number of carbonyl (C=O) groups is 2. The molecule has 2 amide bonds. The van der Waals surface area contributed by atoms with E-state index in [4.69, 9.17) is 9.47 Å². The number of aryl methyl sites for hydroxylation is 2. The first-order chi connectivity index (χ1) is 14.0. The number of thioether (sulfide) groups is 1. The molecule has 7 nitrogen and oxygen atoms in total. The van der Waals surface area contributed by atoms with Crippen molar-refractivity contribution in [3.05, 3.63) is 41.1 Å². The van der Waals surface area contributed by atoms with Crippen LogP contribution in [0.1, 0.15) is 29.7 Å². The first kappa shape index (κ1) is 19.6. The van der Waals surface area contributed by atoms with Crippen molar-refractivity contribution in [1.29, 1.82) is 0 Å². The number of carbonyl (C=O) groups excluding carboxylic acids is 2. The molecule has 0 saturated heterocycles. The third-order valence-corrected chi connectivity index (χ3v) is 5.84. The Hall–Kier alpha value is -2.74. The topological polar surface area (TPSA) is 80.8 Å². The van der Waals surface area contributed by atoms with Gasteiger partial charge < -0.3 is 19.7 Å². The molecule has 3 heterocycles. The molecule has 0 spiro atoms. The molecule has 2 aliphatic heterocycles. The lowest BCUT2D eigenvalue weighted by Gasteiger charge is -2.30. The van der Waals surface area contributed by atoms with Crippen LogP contribution < -0.4 is 19.7 Å². The summed E-state index contributed by atoms with van der Waals surface area (Å²) < 4.78 is 10.6. The zero-order valence-electron chi connectivity index (χ0n) is 16.5. The summed E-state index contributed by atoms with van der Waals surface area (Å²) in [6.07, 6.45) is 0.950. The molecule has 0 fully saturated rings. The molecule has 152 valence electrons. The van der Waals surface area contributed by atoms with E-state index in [9.17, 15) is 9.59 Å². The molecule has 2 aromatic rings. The Labute approximate surface area is 173 Å². The van der Waals surface area contributed by atoms with Crippen molar-refractivity contribution in [3.63, 3.8) is 0 Å². The largest absolute Gasteiger partial charge is 0.454 e. The fraction of sp³-hybridized carbons (Fsp3) is 0.381. The third-order valence-electron chi connectivity index (χ3n) is 4.89. The SMILES string of the molecule is Cc1cc(C)c2c(n1)SCC(=O)N2CCCC(=O)NCc1ccc2c(c1)OCO2. The van der Waals surface area contributed by atoms with Gasteiger partial charge in [-0.05, 0) is 49.6 Å². The van der Waals surface area contributed by atoms with Crippen LogP contribution >= 0.6 is 11.8 Å². The summed E-state index contributed by atoms with van der Waals surface area (Å²) in [5, 5.41) is 3.82. The second-order valence-electron chi connectivity index (χ2n) is 7.14. The van der Waals surface area contributed by atoms with E-state index in [0.29, 0.717) is 37.4 Å². The molecular formula is C21H23N3O4S. The summed E-state index contributed by atoms with van der Waals surface area (Å²) in [7, 11) is 0. The van der Waals surface area contributed by atoms with Gasteiger partial charge in [-0.1, -0.05) is 17.8 Å². The minimum atomic E-state index is -0.0412. The van der Waals surface area contributed by atoms with E-state index < -0.39 is 0 Å². The van der Waals surface area contributed by atoms with Crippen LogP contribution in [0.25, 0.3) is 0 Å². The van der Waals surface area contributed by atoms with E-state index in [0.717, 1.165) is 33.3 Å². The van der Waals surface area contributed by atoms with Gasteiger partial charge in [0.25, 0.3) is 0 Å². The number of amides is 2. The zero-order chi connectivity index (χ0) is 20.4. The minimum absolute atomic E-state index is 0.0412. The van der Waals surface area contributed by atoms with Gasteiger partial charge >= 0.3 is 0 Å². The quantitative estimate of drug-likeness (QED) is 0.784. The molecule has 0 unspecified atom stereocenters. The fourth-order valence-electron chi connectivity index (χ4n) is 3.53. The Bertz CT molecular complexity index is 963. The normalized spacial score (nSPS) is 14.7. The molecule has 1 N–H and O–H groups in total. The van der Waals surface area contributed by atoms with E-state index in [1.54, 1.807) is 4.90 Å². The molecule has 4 rings (SSSR count). The molecule has 1 aromatic carbocycles. The summed E-state index contributed by atoms with van der Waals surface area (Å²) in [6.45, 7) is 5.13. The summed E-state index contributed by atoms with van der Waals surface area (Å²) in [6, 6.07) is 7.62. The number of nitrogens with one attached hydrogen (secondary N) is 1. The molecule has 0 saturated carbocycles. The average Bonchev–Trinajstić information content (AvgIpc) is 3.16. The Morgan fingerprint density at radius 2 is 2.07 bits per heavy atom. The van der Waals surface area contributed by atoms with Gasteiger partial charge in [0.1, 0.15) is 5.03 Å². The second kappa shape index (κ2) is 8.32. The lowest BCUT2D eigenvalue weighted by Crippen LogP contribution is -2.37. The van der Waals surface area contributed by atoms with Gasteiger partial charge in [-0.3, -0.25) is 9.59 Å². The fourth-order valence-corrected chi connectivity index (χ4v) is 4.56. The maximum atomic E-state index is 12.4. The molecule has 1 aromatic heterocycles. The number of pyridine rings is 1. The van der Waals surface area contributed by atoms with Gasteiger partial charge in [0.2, 0.25) is 18.6 Å². The molecule has 0 atom stereocenters. The maximum Gasteiger partial charge on any atom is 0.237 e. The van der Waals surface area contributed by atoms with Crippen molar-refractivity contribution in [2.24, 2.45) is 0 Å². The van der Waals surface area contributed by atoms with Crippen LogP contribution in [0.15, 0.2) is 29.3 Å². The second-order valence-corrected chi connectivity index (χ2v) is 8.10.